The van der Waals surface area contributed by atoms with Crippen LogP contribution in [0.2, 0.25) is 0 Å². The van der Waals surface area contributed by atoms with Crippen molar-refractivity contribution in [3.8, 4) is 0 Å². The van der Waals surface area contributed by atoms with Crippen LogP contribution in [0.25, 0.3) is 0 Å². The highest BCUT2D eigenvalue weighted by atomic mass is 32.2. The van der Waals surface area contributed by atoms with Crippen molar-refractivity contribution < 1.29 is 14.4 Å². The number of benzene rings is 1. The summed E-state index contributed by atoms with van der Waals surface area (Å²) in [6.45, 7) is -0.310. The van der Waals surface area contributed by atoms with Gasteiger partial charge in [0.15, 0.2) is 6.61 Å². The Morgan fingerprint density at radius 1 is 1.32 bits per heavy atom. The van der Waals surface area contributed by atoms with Gasteiger partial charge in [0.2, 0.25) is 5.91 Å². The molecule has 1 aliphatic carbocycles. The summed E-state index contributed by atoms with van der Waals surface area (Å²) >= 11 is 1.45. The summed E-state index contributed by atoms with van der Waals surface area (Å²) < 4.78 is 0. The third-order valence-electron chi connectivity index (χ3n) is 2.84. The first-order valence-electron chi connectivity index (χ1n) is 6.08. The van der Waals surface area contributed by atoms with Gasteiger partial charge in [-0.3, -0.25) is 14.4 Å². The van der Waals surface area contributed by atoms with E-state index in [-0.39, 0.29) is 18.3 Å². The lowest BCUT2D eigenvalue weighted by Crippen LogP contribution is -2.30. The number of hydrogen-bond acceptors (Lipinski definition) is 4. The van der Waals surface area contributed by atoms with Gasteiger partial charge in [-0.15, -0.1) is 11.8 Å². The van der Waals surface area contributed by atoms with E-state index in [2.05, 4.69) is 22.5 Å². The van der Waals surface area contributed by atoms with Gasteiger partial charge in [0.05, 0.1) is 5.75 Å². The number of aryl methyl sites for hydroxylation is 2. The Hall–Kier alpha value is -1.53. The normalized spacial score (nSPS) is 13.1. The highest BCUT2D eigenvalue weighted by molar-refractivity contribution is 8.00. The Balaban J connectivity index is 1.76. The molecule has 19 heavy (non-hydrogen) atoms. The molecule has 0 unspecified atom stereocenters. The van der Waals surface area contributed by atoms with E-state index in [9.17, 15) is 9.59 Å². The molecule has 0 bridgehead atoms. The van der Waals surface area contributed by atoms with E-state index in [1.165, 1.54) is 29.3 Å². The Morgan fingerprint density at radius 3 is 2.89 bits per heavy atom. The number of nitrogens with one attached hydrogen (secondary N) is 1. The third kappa shape index (κ3) is 4.25. The molecular weight excluding hydrogens is 264 g/mol. The molecule has 0 saturated carbocycles. The maximum atomic E-state index is 11.4. The molecule has 0 atom stereocenters. The number of hydroxylamine groups is 1. The highest BCUT2D eigenvalue weighted by Crippen LogP contribution is 2.27. The summed E-state index contributed by atoms with van der Waals surface area (Å²) in [6, 6.07) is 6.31. The average molecular weight is 280 g/mol. The molecular formula is C13H16N2O3S. The summed E-state index contributed by atoms with van der Waals surface area (Å²) in [4.78, 5) is 27.5. The summed E-state index contributed by atoms with van der Waals surface area (Å²) in [5.41, 5.74) is 9.85. The Kier molecular flexibility index (Phi) is 4.81. The number of fused-ring (bicyclic) bond motifs is 1. The van der Waals surface area contributed by atoms with Crippen LogP contribution in [0.5, 0.6) is 0 Å². The fourth-order valence-electron chi connectivity index (χ4n) is 2.00. The molecule has 6 heteroatoms. The second-order valence-corrected chi connectivity index (χ2v) is 5.40. The van der Waals surface area contributed by atoms with E-state index in [4.69, 9.17) is 5.73 Å². The lowest BCUT2D eigenvalue weighted by Gasteiger charge is -2.06. The average Bonchev–Trinajstić information content (AvgIpc) is 2.83. The Bertz CT molecular complexity index is 491. The smallest absolute Gasteiger partial charge is 0.253 e. The zero-order valence-corrected chi connectivity index (χ0v) is 11.3. The lowest BCUT2D eigenvalue weighted by molar-refractivity contribution is -0.135. The molecule has 5 nitrogen and oxygen atoms in total. The van der Waals surface area contributed by atoms with Crippen LogP contribution in [0, 0.1) is 0 Å². The highest BCUT2D eigenvalue weighted by Gasteiger charge is 2.11. The molecule has 0 saturated heterocycles. The predicted octanol–water partition coefficient (Wildman–Crippen LogP) is 0.800. The molecule has 0 spiro atoms. The summed E-state index contributed by atoms with van der Waals surface area (Å²) in [7, 11) is 0. The first-order valence-corrected chi connectivity index (χ1v) is 7.07. The second-order valence-electron chi connectivity index (χ2n) is 4.35. The molecule has 1 aromatic carbocycles. The molecule has 2 amide bonds. The number of amides is 2. The zero-order valence-electron chi connectivity index (χ0n) is 10.5. The van der Waals surface area contributed by atoms with Crippen LogP contribution in [0.15, 0.2) is 23.1 Å². The lowest BCUT2D eigenvalue weighted by atomic mass is 10.1. The fourth-order valence-corrected chi connectivity index (χ4v) is 2.75. The summed E-state index contributed by atoms with van der Waals surface area (Å²) in [5.74, 6) is -0.657. The molecule has 0 fully saturated rings. The quantitative estimate of drug-likeness (QED) is 0.596. The van der Waals surface area contributed by atoms with Gasteiger partial charge in [0.25, 0.3) is 5.91 Å². The SMILES string of the molecule is NC(=O)CONC(=O)CSc1ccc2c(c1)CCC2. The van der Waals surface area contributed by atoms with Gasteiger partial charge in [-0.1, -0.05) is 6.07 Å². The van der Waals surface area contributed by atoms with Crippen LogP contribution in [0.4, 0.5) is 0 Å². The van der Waals surface area contributed by atoms with Crippen LogP contribution in [0.3, 0.4) is 0 Å². The van der Waals surface area contributed by atoms with Gasteiger partial charge < -0.3 is 5.73 Å². The molecule has 1 aromatic rings. The van der Waals surface area contributed by atoms with E-state index >= 15 is 0 Å². The molecule has 1 aliphatic rings. The van der Waals surface area contributed by atoms with Crippen LogP contribution < -0.4 is 11.2 Å². The van der Waals surface area contributed by atoms with Crippen molar-refractivity contribution in [3.63, 3.8) is 0 Å². The molecule has 3 N–H and O–H groups in total. The van der Waals surface area contributed by atoms with Crippen LogP contribution in [-0.4, -0.2) is 24.2 Å². The first kappa shape index (κ1) is 13.9. The maximum Gasteiger partial charge on any atom is 0.253 e. The van der Waals surface area contributed by atoms with Gasteiger partial charge >= 0.3 is 0 Å². The number of thioether (sulfide) groups is 1. The van der Waals surface area contributed by atoms with E-state index in [1.54, 1.807) is 0 Å². The molecule has 0 heterocycles. The van der Waals surface area contributed by atoms with Crippen molar-refractivity contribution in [2.45, 2.75) is 24.2 Å². The van der Waals surface area contributed by atoms with Gasteiger partial charge in [0.1, 0.15) is 0 Å². The first-order chi connectivity index (χ1) is 9.15. The minimum Gasteiger partial charge on any atom is -0.368 e. The van der Waals surface area contributed by atoms with Gasteiger partial charge in [-0.05, 0) is 42.5 Å². The van der Waals surface area contributed by atoms with Crippen molar-refractivity contribution in [2.75, 3.05) is 12.4 Å². The number of rotatable bonds is 6. The number of hydrogen-bond donors (Lipinski definition) is 2. The van der Waals surface area contributed by atoms with Crippen molar-refractivity contribution >= 4 is 23.6 Å². The number of carbonyl (C=O) groups is 2. The van der Waals surface area contributed by atoms with E-state index in [1.807, 2.05) is 6.07 Å². The monoisotopic (exact) mass is 280 g/mol. The van der Waals surface area contributed by atoms with Crippen molar-refractivity contribution in [1.29, 1.82) is 0 Å². The third-order valence-corrected chi connectivity index (χ3v) is 3.83. The summed E-state index contributed by atoms with van der Waals surface area (Å²) in [5, 5.41) is 0. The predicted molar refractivity (Wildman–Crippen MR) is 72.5 cm³/mol. The molecule has 0 aromatic heterocycles. The maximum absolute atomic E-state index is 11.4. The standard InChI is InChI=1S/C13H16N2O3S/c14-12(16)7-18-15-13(17)8-19-11-5-4-9-2-1-3-10(9)6-11/h4-6H,1-3,7-8H2,(H2,14,16)(H,15,17). The molecule has 2 rings (SSSR count). The summed E-state index contributed by atoms with van der Waals surface area (Å²) in [6.07, 6.45) is 3.49. The Labute approximate surface area is 115 Å². The number of nitrogens with two attached hydrogens (primary N) is 1. The van der Waals surface area contributed by atoms with E-state index in [0.29, 0.717) is 0 Å². The van der Waals surface area contributed by atoms with Gasteiger partial charge in [-0.2, -0.15) is 0 Å². The molecule has 0 aliphatic heterocycles. The van der Waals surface area contributed by atoms with Crippen molar-refractivity contribution in [1.82, 2.24) is 5.48 Å². The van der Waals surface area contributed by atoms with Crippen molar-refractivity contribution in [3.05, 3.63) is 29.3 Å². The van der Waals surface area contributed by atoms with E-state index in [0.717, 1.165) is 17.7 Å². The van der Waals surface area contributed by atoms with Crippen LogP contribution in [0.1, 0.15) is 17.5 Å². The second kappa shape index (κ2) is 6.58. The minimum atomic E-state index is -0.619. The molecule has 102 valence electrons. The Morgan fingerprint density at radius 2 is 2.11 bits per heavy atom. The number of primary amides is 1. The number of carbonyl (C=O) groups excluding carboxylic acids is 2. The van der Waals surface area contributed by atoms with Gasteiger partial charge in [0, 0.05) is 4.90 Å². The van der Waals surface area contributed by atoms with Gasteiger partial charge in [-0.25, -0.2) is 5.48 Å². The van der Waals surface area contributed by atoms with E-state index < -0.39 is 5.91 Å². The van der Waals surface area contributed by atoms with Crippen LogP contribution >= 0.6 is 11.8 Å². The zero-order chi connectivity index (χ0) is 13.7. The minimum absolute atomic E-state index is 0.248. The topological polar surface area (TPSA) is 81.4 Å². The largest absolute Gasteiger partial charge is 0.368 e. The van der Waals surface area contributed by atoms with Crippen molar-refractivity contribution in [2.24, 2.45) is 5.73 Å². The molecule has 0 radical (unpaired) electrons. The van der Waals surface area contributed by atoms with Crippen LogP contribution in [-0.2, 0) is 27.3 Å². The fraction of sp³-hybridized carbons (Fsp3) is 0.385.